The Balaban J connectivity index is 0.000000363. The summed E-state index contributed by atoms with van der Waals surface area (Å²) in [4.78, 5) is 61.3. The van der Waals surface area contributed by atoms with Crippen LogP contribution in [0.5, 0.6) is 0 Å². The highest BCUT2D eigenvalue weighted by atomic mass is 32.1. The fraction of sp³-hybridized carbons (Fsp3) is 0.412. The topological polar surface area (TPSA) is 156 Å². The summed E-state index contributed by atoms with van der Waals surface area (Å²) in [6.45, 7) is 11.2. The number of benzene rings is 1. The number of esters is 1. The number of fused-ring (bicyclic) bond motifs is 1. The molecule has 0 unspecified atom stereocenters. The van der Waals surface area contributed by atoms with Crippen LogP contribution in [0.3, 0.4) is 0 Å². The first-order chi connectivity index (χ1) is 23.6. The van der Waals surface area contributed by atoms with E-state index in [0.717, 1.165) is 42.6 Å². The lowest BCUT2D eigenvalue weighted by atomic mass is 9.99. The van der Waals surface area contributed by atoms with Crippen LogP contribution >= 0.6 is 11.3 Å². The first-order valence-corrected chi connectivity index (χ1v) is 16.9. The average Bonchev–Trinajstić information content (AvgIpc) is 3.57. The van der Waals surface area contributed by atoms with Gasteiger partial charge in [-0.25, -0.2) is 24.4 Å². The highest BCUT2D eigenvalue weighted by Gasteiger charge is 2.34. The molecular weight excluding hydrogens is 677 g/mol. The summed E-state index contributed by atoms with van der Waals surface area (Å²) in [6.07, 6.45) is 1.30. The summed E-state index contributed by atoms with van der Waals surface area (Å²) >= 11 is 0.778. The summed E-state index contributed by atoms with van der Waals surface area (Å²) in [5.41, 5.74) is -0.648. The zero-order valence-electron chi connectivity index (χ0n) is 28.3. The number of carbonyl (C=O) groups is 3. The van der Waals surface area contributed by atoms with Crippen LogP contribution in [0, 0.1) is 0 Å². The Morgan fingerprint density at radius 2 is 1.76 bits per heavy atom. The number of aromatic nitrogens is 3. The number of H-pyrrole nitrogens is 1. The molecule has 5 rings (SSSR count). The van der Waals surface area contributed by atoms with Crippen LogP contribution in [0.4, 0.5) is 28.6 Å². The highest BCUT2D eigenvalue weighted by molar-refractivity contribution is 7.13. The third-order valence-electron chi connectivity index (χ3n) is 7.20. The molecule has 4 aromatic rings. The van der Waals surface area contributed by atoms with Crippen molar-refractivity contribution in [3.63, 3.8) is 0 Å². The maximum Gasteiger partial charge on any atom is 0.434 e. The number of hydrogen-bond acceptors (Lipinski definition) is 9. The van der Waals surface area contributed by atoms with Gasteiger partial charge in [-0.2, -0.15) is 13.2 Å². The third kappa shape index (κ3) is 9.80. The Hall–Kier alpha value is -4.99. The number of nitrogens with one attached hydrogen (secondary N) is 3. The standard InChI is InChI=1S/C24H20F3N5O4S.C10H19NO2/c1-3-28-23(35)32-19-8-13(21-31-18(11-37-21)24(25,26)27)15(9-30-19)12-5-6-17-14(7-12)20(33)16(10-29-17)22(34)36-4-2;1-10(2,3)13-9(12)11-7-5-4-6-8-11/h5-11H,3-4H2,1-2H3,(H,29,33)(H2,28,30,32,35);4-8H2,1-3H3. The number of rotatable bonds is 6. The van der Waals surface area contributed by atoms with Gasteiger partial charge in [0.2, 0.25) is 5.43 Å². The van der Waals surface area contributed by atoms with Crippen LogP contribution < -0.4 is 16.1 Å². The van der Waals surface area contributed by atoms with Crippen molar-refractivity contribution in [2.45, 2.75) is 65.7 Å². The molecule has 1 aromatic carbocycles. The molecule has 50 heavy (non-hydrogen) atoms. The fourth-order valence-electron chi connectivity index (χ4n) is 4.93. The van der Waals surface area contributed by atoms with Crippen LogP contribution in [0.1, 0.15) is 69.9 Å². The molecule has 0 bridgehead atoms. The molecule has 1 aliphatic heterocycles. The molecule has 1 saturated heterocycles. The molecule has 0 radical (unpaired) electrons. The normalized spacial score (nSPS) is 13.2. The van der Waals surface area contributed by atoms with Gasteiger partial charge in [0.1, 0.15) is 22.0 Å². The Morgan fingerprint density at radius 3 is 2.38 bits per heavy atom. The summed E-state index contributed by atoms with van der Waals surface area (Å²) in [5, 5.41) is 6.18. The number of thiazole rings is 1. The average molecular weight is 717 g/mol. The number of nitrogens with zero attached hydrogens (tertiary/aromatic N) is 3. The van der Waals surface area contributed by atoms with E-state index in [1.165, 1.54) is 30.9 Å². The van der Waals surface area contributed by atoms with Crippen molar-refractivity contribution in [3.8, 4) is 21.7 Å². The number of urea groups is 1. The number of alkyl halides is 3. The molecule has 16 heteroatoms. The quantitative estimate of drug-likeness (QED) is 0.174. The van der Waals surface area contributed by atoms with E-state index in [9.17, 15) is 32.3 Å². The molecule has 4 heterocycles. The fourth-order valence-corrected chi connectivity index (χ4v) is 5.79. The van der Waals surface area contributed by atoms with Gasteiger partial charge in [0, 0.05) is 59.4 Å². The molecule has 0 spiro atoms. The van der Waals surface area contributed by atoms with Gasteiger partial charge in [-0.05, 0) is 77.6 Å². The smallest absolute Gasteiger partial charge is 0.434 e. The summed E-state index contributed by atoms with van der Waals surface area (Å²) in [7, 11) is 0. The first-order valence-electron chi connectivity index (χ1n) is 16.0. The number of aromatic amines is 1. The maximum atomic E-state index is 13.2. The lowest BCUT2D eigenvalue weighted by Gasteiger charge is -2.29. The Morgan fingerprint density at radius 1 is 1.04 bits per heavy atom. The number of likely N-dealkylation sites (tertiary alicyclic amines) is 1. The van der Waals surface area contributed by atoms with Crippen molar-refractivity contribution >= 4 is 46.2 Å². The van der Waals surface area contributed by atoms with E-state index in [1.807, 2.05) is 20.8 Å². The second kappa shape index (κ2) is 16.1. The molecule has 268 valence electrons. The van der Waals surface area contributed by atoms with E-state index in [1.54, 1.807) is 30.9 Å². The predicted molar refractivity (Wildman–Crippen MR) is 184 cm³/mol. The van der Waals surface area contributed by atoms with Crippen LogP contribution in [0.15, 0.2) is 46.8 Å². The molecule has 12 nitrogen and oxygen atoms in total. The highest BCUT2D eigenvalue weighted by Crippen LogP contribution is 2.38. The number of hydrogen-bond donors (Lipinski definition) is 3. The van der Waals surface area contributed by atoms with Gasteiger partial charge in [0.25, 0.3) is 0 Å². The molecule has 1 aliphatic rings. The number of ether oxygens (including phenoxy) is 2. The monoisotopic (exact) mass is 716 g/mol. The van der Waals surface area contributed by atoms with Gasteiger partial charge in [0.15, 0.2) is 5.69 Å². The Bertz CT molecular complexity index is 1900. The molecular formula is C34H39F3N6O6S. The molecule has 3 aromatic heterocycles. The minimum Gasteiger partial charge on any atom is -0.462 e. The van der Waals surface area contributed by atoms with Gasteiger partial charge < -0.3 is 24.7 Å². The van der Waals surface area contributed by atoms with Gasteiger partial charge in [-0.1, -0.05) is 6.07 Å². The van der Waals surface area contributed by atoms with Crippen molar-refractivity contribution in [1.82, 2.24) is 25.2 Å². The number of pyridine rings is 2. The molecule has 0 aliphatic carbocycles. The zero-order chi connectivity index (χ0) is 36.6. The van der Waals surface area contributed by atoms with Crippen LogP contribution in [0.25, 0.3) is 32.6 Å². The van der Waals surface area contributed by atoms with E-state index in [-0.39, 0.29) is 45.6 Å². The van der Waals surface area contributed by atoms with Crippen molar-refractivity contribution in [2.24, 2.45) is 0 Å². The predicted octanol–water partition coefficient (Wildman–Crippen LogP) is 7.46. The SMILES string of the molecule is CC(C)(C)OC(=O)N1CCCCC1.CCNC(=O)Nc1cc(-c2nc(C(F)(F)F)cs2)c(-c2ccc3[nH]cc(C(=O)OCC)c(=O)c3c2)cn1. The van der Waals surface area contributed by atoms with Crippen LogP contribution in [-0.4, -0.2) is 69.8 Å². The number of amides is 3. The molecule has 3 amide bonds. The number of halogens is 3. The van der Waals surface area contributed by atoms with E-state index < -0.39 is 29.3 Å². The third-order valence-corrected chi connectivity index (χ3v) is 8.08. The summed E-state index contributed by atoms with van der Waals surface area (Å²) < 4.78 is 49.9. The molecule has 3 N–H and O–H groups in total. The second-order valence-electron chi connectivity index (χ2n) is 12.2. The van der Waals surface area contributed by atoms with Crippen LogP contribution in [0.2, 0.25) is 0 Å². The maximum absolute atomic E-state index is 13.2. The van der Waals surface area contributed by atoms with Crippen LogP contribution in [-0.2, 0) is 15.7 Å². The Kier molecular flexibility index (Phi) is 12.2. The van der Waals surface area contributed by atoms with Gasteiger partial charge in [-0.3, -0.25) is 10.1 Å². The van der Waals surface area contributed by atoms with Crippen molar-refractivity contribution in [1.29, 1.82) is 0 Å². The summed E-state index contributed by atoms with van der Waals surface area (Å²) in [6, 6.07) is 5.64. The number of piperidine rings is 1. The minimum atomic E-state index is -4.64. The van der Waals surface area contributed by atoms with E-state index in [2.05, 4.69) is 25.6 Å². The van der Waals surface area contributed by atoms with Gasteiger partial charge in [0.05, 0.1) is 6.61 Å². The number of carbonyl (C=O) groups excluding carboxylic acids is 3. The van der Waals surface area contributed by atoms with Crippen molar-refractivity contribution in [3.05, 3.63) is 63.5 Å². The van der Waals surface area contributed by atoms with Crippen molar-refractivity contribution in [2.75, 3.05) is 31.6 Å². The largest absolute Gasteiger partial charge is 0.462 e. The number of anilines is 1. The summed E-state index contributed by atoms with van der Waals surface area (Å²) in [5.74, 6) is -0.682. The van der Waals surface area contributed by atoms with Crippen molar-refractivity contribution < 1.29 is 37.0 Å². The zero-order valence-corrected chi connectivity index (χ0v) is 29.1. The molecule has 1 fully saturated rings. The second-order valence-corrected chi connectivity index (χ2v) is 13.0. The minimum absolute atomic E-state index is 0.0398. The molecule has 0 saturated carbocycles. The van der Waals surface area contributed by atoms with E-state index >= 15 is 0 Å². The van der Waals surface area contributed by atoms with Gasteiger partial charge in [-0.15, -0.1) is 11.3 Å². The van der Waals surface area contributed by atoms with E-state index in [4.69, 9.17) is 9.47 Å². The van der Waals surface area contributed by atoms with E-state index in [0.29, 0.717) is 23.2 Å². The Labute approximate surface area is 290 Å². The van der Waals surface area contributed by atoms with Gasteiger partial charge >= 0.3 is 24.3 Å². The lowest BCUT2D eigenvalue weighted by molar-refractivity contribution is -0.140. The lowest BCUT2D eigenvalue weighted by Crippen LogP contribution is -2.39. The molecule has 0 atom stereocenters. The first kappa shape index (κ1) is 37.8.